The van der Waals surface area contributed by atoms with Crippen LogP contribution in [-0.4, -0.2) is 46.2 Å². The summed E-state index contributed by atoms with van der Waals surface area (Å²) in [7, 11) is 3.03. The first-order valence-corrected chi connectivity index (χ1v) is 6.70. The van der Waals surface area contributed by atoms with Gasteiger partial charge in [-0.1, -0.05) is 0 Å². The SMILES string of the molecule is CNC(=O)c1[nH]cnc1N=NN(C)/N=C\c1ccc([N+](=O)[O-])cc1. The quantitative estimate of drug-likeness (QED) is 0.358. The van der Waals surface area contributed by atoms with E-state index in [0.717, 1.165) is 0 Å². The zero-order valence-electron chi connectivity index (χ0n) is 12.9. The van der Waals surface area contributed by atoms with Gasteiger partial charge in [-0.3, -0.25) is 14.9 Å². The van der Waals surface area contributed by atoms with Gasteiger partial charge in [0.15, 0.2) is 5.69 Å². The van der Waals surface area contributed by atoms with Crippen molar-refractivity contribution in [2.75, 3.05) is 14.1 Å². The largest absolute Gasteiger partial charge is 0.354 e. The van der Waals surface area contributed by atoms with Crippen molar-refractivity contribution in [3.63, 3.8) is 0 Å². The molecular weight excluding hydrogens is 316 g/mol. The molecule has 2 aromatic rings. The summed E-state index contributed by atoms with van der Waals surface area (Å²) in [6.07, 6.45) is 2.80. The molecule has 0 saturated heterocycles. The molecule has 124 valence electrons. The van der Waals surface area contributed by atoms with Gasteiger partial charge in [-0.15, -0.1) is 5.11 Å². The molecule has 0 aliphatic carbocycles. The summed E-state index contributed by atoms with van der Waals surface area (Å²) < 4.78 is 0. The number of nitro groups is 1. The van der Waals surface area contributed by atoms with E-state index in [1.807, 2.05) is 0 Å². The summed E-state index contributed by atoms with van der Waals surface area (Å²) in [5, 5.41) is 25.8. The molecule has 11 heteroatoms. The first-order chi connectivity index (χ1) is 11.5. The molecule has 0 fully saturated rings. The molecule has 0 saturated carbocycles. The number of amides is 1. The Bertz CT molecular complexity index is 781. The number of benzene rings is 1. The number of rotatable bonds is 6. The Hall–Kier alpha value is -3.63. The molecule has 2 rings (SSSR count). The number of nitro benzene ring substituents is 1. The van der Waals surface area contributed by atoms with E-state index in [1.165, 1.54) is 43.9 Å². The molecule has 0 atom stereocenters. The van der Waals surface area contributed by atoms with Gasteiger partial charge in [0.05, 0.1) is 24.5 Å². The lowest BCUT2D eigenvalue weighted by atomic mass is 10.2. The van der Waals surface area contributed by atoms with E-state index in [-0.39, 0.29) is 23.1 Å². The number of nitrogens with one attached hydrogen (secondary N) is 2. The first kappa shape index (κ1) is 16.7. The van der Waals surface area contributed by atoms with Gasteiger partial charge in [0.25, 0.3) is 11.6 Å². The lowest BCUT2D eigenvalue weighted by Crippen LogP contribution is -2.18. The smallest absolute Gasteiger partial charge is 0.271 e. The molecule has 24 heavy (non-hydrogen) atoms. The number of nitrogens with zero attached hydrogens (tertiary/aromatic N) is 6. The van der Waals surface area contributed by atoms with Crippen LogP contribution in [0.1, 0.15) is 16.1 Å². The maximum Gasteiger partial charge on any atom is 0.271 e. The fourth-order valence-corrected chi connectivity index (χ4v) is 1.62. The average Bonchev–Trinajstić information content (AvgIpc) is 3.06. The van der Waals surface area contributed by atoms with Crippen LogP contribution in [0, 0.1) is 10.1 Å². The van der Waals surface area contributed by atoms with Gasteiger partial charge in [-0.2, -0.15) is 10.2 Å². The lowest BCUT2D eigenvalue weighted by molar-refractivity contribution is -0.384. The molecule has 2 N–H and O–H groups in total. The van der Waals surface area contributed by atoms with E-state index in [2.05, 4.69) is 30.7 Å². The highest BCUT2D eigenvalue weighted by molar-refractivity contribution is 5.95. The van der Waals surface area contributed by atoms with Crippen LogP contribution >= 0.6 is 0 Å². The van der Waals surface area contributed by atoms with E-state index in [0.29, 0.717) is 5.56 Å². The van der Waals surface area contributed by atoms with E-state index in [4.69, 9.17) is 0 Å². The number of H-pyrrole nitrogens is 1. The number of carbonyl (C=O) groups excluding carboxylic acids is 1. The normalized spacial score (nSPS) is 11.1. The Balaban J connectivity index is 2.02. The third-order valence-corrected chi connectivity index (χ3v) is 2.82. The van der Waals surface area contributed by atoms with Gasteiger partial charge in [0.1, 0.15) is 0 Å². The highest BCUT2D eigenvalue weighted by Gasteiger charge is 2.12. The van der Waals surface area contributed by atoms with Crippen LogP contribution in [0.5, 0.6) is 0 Å². The second kappa shape index (κ2) is 7.58. The number of hydrazone groups is 1. The number of imidazole rings is 1. The number of non-ortho nitro benzene ring substituents is 1. The molecular formula is C13H14N8O3. The topological polar surface area (TPSA) is 141 Å². The highest BCUT2D eigenvalue weighted by Crippen LogP contribution is 2.14. The van der Waals surface area contributed by atoms with Gasteiger partial charge in [-0.05, 0) is 22.9 Å². The van der Waals surface area contributed by atoms with Gasteiger partial charge < -0.3 is 10.3 Å². The van der Waals surface area contributed by atoms with Crippen molar-refractivity contribution >= 4 is 23.6 Å². The third-order valence-electron chi connectivity index (χ3n) is 2.82. The van der Waals surface area contributed by atoms with Crippen molar-refractivity contribution in [2.45, 2.75) is 0 Å². The molecule has 0 radical (unpaired) electrons. The van der Waals surface area contributed by atoms with Crippen LogP contribution < -0.4 is 5.32 Å². The zero-order valence-corrected chi connectivity index (χ0v) is 12.9. The molecule has 0 unspecified atom stereocenters. The molecule has 1 heterocycles. The third kappa shape index (κ3) is 4.19. The minimum atomic E-state index is -0.477. The van der Waals surface area contributed by atoms with Crippen molar-refractivity contribution in [2.24, 2.45) is 15.4 Å². The van der Waals surface area contributed by atoms with E-state index in [9.17, 15) is 14.9 Å². The predicted octanol–water partition coefficient (Wildman–Crippen LogP) is 1.64. The molecule has 1 aromatic heterocycles. The van der Waals surface area contributed by atoms with E-state index in [1.54, 1.807) is 12.1 Å². The van der Waals surface area contributed by atoms with E-state index < -0.39 is 4.92 Å². The Labute approximate surface area is 136 Å². The summed E-state index contributed by atoms with van der Waals surface area (Å²) in [4.78, 5) is 28.2. The summed E-state index contributed by atoms with van der Waals surface area (Å²) in [5.74, 6) is -0.231. The Morgan fingerprint density at radius 3 is 2.75 bits per heavy atom. The Kier molecular flexibility index (Phi) is 5.28. The van der Waals surface area contributed by atoms with Gasteiger partial charge >= 0.3 is 0 Å². The molecule has 1 aromatic carbocycles. The standard InChI is InChI=1S/C13H14N8O3/c1-14-13(22)11-12(16-8-15-11)18-19-20(2)17-7-9-3-5-10(6-4-9)21(23)24/h3-8H,1-2H3,(H,14,22)(H,15,16)/b17-7-,19-18?. The summed E-state index contributed by atoms with van der Waals surface area (Å²) in [6, 6.07) is 5.87. The fourth-order valence-electron chi connectivity index (χ4n) is 1.62. The van der Waals surface area contributed by atoms with Crippen LogP contribution in [0.15, 0.2) is 46.0 Å². The van der Waals surface area contributed by atoms with Crippen LogP contribution in [0.25, 0.3) is 0 Å². The molecule has 0 aliphatic heterocycles. The van der Waals surface area contributed by atoms with Crippen LogP contribution in [0.3, 0.4) is 0 Å². The van der Waals surface area contributed by atoms with Crippen LogP contribution in [-0.2, 0) is 0 Å². The second-order valence-corrected chi connectivity index (χ2v) is 4.45. The maximum atomic E-state index is 11.6. The second-order valence-electron chi connectivity index (χ2n) is 4.45. The van der Waals surface area contributed by atoms with Crippen molar-refractivity contribution in [3.05, 3.63) is 52.0 Å². The number of hydrogen-bond donors (Lipinski definition) is 2. The Morgan fingerprint density at radius 2 is 2.12 bits per heavy atom. The lowest BCUT2D eigenvalue weighted by Gasteiger charge is -2.02. The number of carbonyl (C=O) groups is 1. The first-order valence-electron chi connectivity index (χ1n) is 6.70. The molecule has 11 nitrogen and oxygen atoms in total. The Morgan fingerprint density at radius 1 is 1.42 bits per heavy atom. The van der Waals surface area contributed by atoms with E-state index >= 15 is 0 Å². The maximum absolute atomic E-state index is 11.6. The number of aromatic nitrogens is 2. The van der Waals surface area contributed by atoms with Crippen molar-refractivity contribution in [3.8, 4) is 0 Å². The monoisotopic (exact) mass is 330 g/mol. The predicted molar refractivity (Wildman–Crippen MR) is 84.9 cm³/mol. The summed E-state index contributed by atoms with van der Waals surface area (Å²) >= 11 is 0. The fraction of sp³-hybridized carbons (Fsp3) is 0.154. The van der Waals surface area contributed by atoms with Gasteiger partial charge in [0.2, 0.25) is 5.82 Å². The molecule has 0 spiro atoms. The van der Waals surface area contributed by atoms with Gasteiger partial charge in [-0.25, -0.2) is 4.98 Å². The highest BCUT2D eigenvalue weighted by atomic mass is 16.6. The molecule has 0 bridgehead atoms. The van der Waals surface area contributed by atoms with Gasteiger partial charge in [0, 0.05) is 19.2 Å². The summed E-state index contributed by atoms with van der Waals surface area (Å²) in [6.45, 7) is 0. The van der Waals surface area contributed by atoms with Crippen molar-refractivity contribution in [1.29, 1.82) is 0 Å². The molecule has 1 amide bonds. The zero-order chi connectivity index (χ0) is 17.5. The number of aromatic amines is 1. The van der Waals surface area contributed by atoms with Crippen LogP contribution in [0.4, 0.5) is 11.5 Å². The summed E-state index contributed by atoms with van der Waals surface area (Å²) in [5.41, 5.74) is 0.850. The molecule has 0 aliphatic rings. The average molecular weight is 330 g/mol. The van der Waals surface area contributed by atoms with Crippen molar-refractivity contribution < 1.29 is 9.72 Å². The minimum Gasteiger partial charge on any atom is -0.354 e. The number of hydrogen-bond acceptors (Lipinski definition) is 7. The van der Waals surface area contributed by atoms with Crippen molar-refractivity contribution in [1.82, 2.24) is 20.4 Å². The van der Waals surface area contributed by atoms with Crippen LogP contribution in [0.2, 0.25) is 0 Å². The minimum absolute atomic E-state index is 0.000421.